The first kappa shape index (κ1) is 21.1. The van der Waals surface area contributed by atoms with Crippen molar-refractivity contribution in [3.05, 3.63) is 0 Å². The van der Waals surface area contributed by atoms with Gasteiger partial charge in [0.25, 0.3) is 0 Å². The third-order valence-corrected chi connectivity index (χ3v) is 4.13. The highest BCUT2D eigenvalue weighted by atomic mass is 32.2. The van der Waals surface area contributed by atoms with Gasteiger partial charge in [-0.05, 0) is 46.3 Å². The maximum absolute atomic E-state index is 10.9. The van der Waals surface area contributed by atoms with Gasteiger partial charge in [-0.3, -0.25) is 4.99 Å². The fourth-order valence-electron chi connectivity index (χ4n) is 2.07. The van der Waals surface area contributed by atoms with E-state index in [1.54, 1.807) is 0 Å². The van der Waals surface area contributed by atoms with Gasteiger partial charge in [0.05, 0.1) is 12.3 Å². The second-order valence-corrected chi connectivity index (χ2v) is 7.08. The Morgan fingerprint density at radius 2 is 1.91 bits per heavy atom. The van der Waals surface area contributed by atoms with Crippen molar-refractivity contribution in [3.63, 3.8) is 0 Å². The molecule has 0 fully saturated rings. The Morgan fingerprint density at radius 1 is 1.27 bits per heavy atom. The minimum atomic E-state index is -3.46. The average Bonchev–Trinajstić information content (AvgIpc) is 2.42. The number of hydrogen-bond donors (Lipinski definition) is 3. The highest BCUT2D eigenvalue weighted by Crippen LogP contribution is 1.99. The van der Waals surface area contributed by atoms with E-state index in [4.69, 9.17) is 5.14 Å². The van der Waals surface area contributed by atoms with E-state index in [9.17, 15) is 8.42 Å². The number of sulfonamides is 1. The van der Waals surface area contributed by atoms with Crippen LogP contribution in [0.25, 0.3) is 0 Å². The van der Waals surface area contributed by atoms with Crippen molar-refractivity contribution < 1.29 is 8.42 Å². The lowest BCUT2D eigenvalue weighted by Gasteiger charge is -2.21. The number of hydrogen-bond acceptors (Lipinski definition) is 4. The van der Waals surface area contributed by atoms with Gasteiger partial charge in [-0.25, -0.2) is 13.6 Å². The average molecular weight is 336 g/mol. The number of guanidine groups is 1. The largest absolute Gasteiger partial charge is 0.357 e. The number of nitrogens with two attached hydrogens (primary N) is 1. The van der Waals surface area contributed by atoms with Crippen molar-refractivity contribution in [2.45, 2.75) is 46.6 Å². The molecule has 0 aromatic rings. The van der Waals surface area contributed by atoms with Crippen LogP contribution in [0.1, 0.15) is 40.5 Å². The third-order valence-electron chi connectivity index (χ3n) is 3.38. The van der Waals surface area contributed by atoms with Gasteiger partial charge in [0.1, 0.15) is 0 Å². The lowest BCUT2D eigenvalue weighted by Crippen LogP contribution is -2.42. The van der Waals surface area contributed by atoms with Crippen molar-refractivity contribution in [1.29, 1.82) is 0 Å². The minimum Gasteiger partial charge on any atom is -0.357 e. The summed E-state index contributed by atoms with van der Waals surface area (Å²) in [4.78, 5) is 6.64. The zero-order chi connectivity index (χ0) is 17.0. The molecule has 0 aliphatic heterocycles. The summed E-state index contributed by atoms with van der Waals surface area (Å²) < 4.78 is 21.8. The molecule has 0 aromatic heterocycles. The minimum absolute atomic E-state index is 0.139. The smallest absolute Gasteiger partial charge is 0.210 e. The molecule has 8 heteroatoms. The molecule has 0 rings (SSSR count). The van der Waals surface area contributed by atoms with Gasteiger partial charge in [0.15, 0.2) is 5.96 Å². The van der Waals surface area contributed by atoms with Gasteiger partial charge in [-0.1, -0.05) is 13.8 Å². The molecule has 0 amide bonds. The van der Waals surface area contributed by atoms with E-state index in [1.165, 1.54) is 0 Å². The number of nitrogens with zero attached hydrogens (tertiary/aromatic N) is 2. The fourth-order valence-corrected chi connectivity index (χ4v) is 2.42. The molecule has 0 spiro atoms. The highest BCUT2D eigenvalue weighted by molar-refractivity contribution is 7.89. The summed E-state index contributed by atoms with van der Waals surface area (Å²) in [6, 6.07) is 0.280. The molecular formula is C14H33N5O2S. The van der Waals surface area contributed by atoms with Crippen LogP contribution < -0.4 is 15.8 Å². The zero-order valence-electron chi connectivity index (χ0n) is 14.4. The number of nitrogens with one attached hydrogen (secondary N) is 2. The molecule has 0 aliphatic carbocycles. The highest BCUT2D eigenvalue weighted by Gasteiger charge is 2.07. The van der Waals surface area contributed by atoms with E-state index in [1.807, 2.05) is 6.92 Å². The van der Waals surface area contributed by atoms with Crippen LogP contribution in [0, 0.1) is 0 Å². The Balaban J connectivity index is 4.22. The van der Waals surface area contributed by atoms with E-state index >= 15 is 0 Å². The standard InChI is InChI=1S/C14H33N5O2S/c1-5-16-14(17-10-12-22(15,20)21)18-13(4)9-8-11-19(6-2)7-3/h13H,5-12H2,1-4H3,(H2,15,20,21)(H2,16,17,18). The van der Waals surface area contributed by atoms with Gasteiger partial charge in [0, 0.05) is 12.6 Å². The summed E-state index contributed by atoms with van der Waals surface area (Å²) in [6.07, 6.45) is 2.16. The Labute approximate surface area is 135 Å². The van der Waals surface area contributed by atoms with E-state index in [0.29, 0.717) is 5.96 Å². The van der Waals surface area contributed by atoms with E-state index < -0.39 is 10.0 Å². The molecule has 0 bridgehead atoms. The summed E-state index contributed by atoms with van der Waals surface area (Å²) >= 11 is 0. The number of aliphatic imine (C=N–C) groups is 1. The SMILES string of the molecule is CCNC(=NCCS(N)(=O)=O)NC(C)CCCN(CC)CC. The Hall–Kier alpha value is -0.860. The molecule has 0 aliphatic rings. The topological polar surface area (TPSA) is 99.8 Å². The monoisotopic (exact) mass is 335 g/mol. The van der Waals surface area contributed by atoms with Crippen LogP contribution in [-0.2, 0) is 10.0 Å². The van der Waals surface area contributed by atoms with Gasteiger partial charge < -0.3 is 15.5 Å². The van der Waals surface area contributed by atoms with Crippen molar-refractivity contribution in [1.82, 2.24) is 15.5 Å². The first-order valence-corrected chi connectivity index (χ1v) is 9.81. The van der Waals surface area contributed by atoms with Crippen LogP contribution >= 0.6 is 0 Å². The van der Waals surface area contributed by atoms with Crippen LogP contribution in [0.5, 0.6) is 0 Å². The fraction of sp³-hybridized carbons (Fsp3) is 0.929. The molecule has 0 radical (unpaired) electrons. The first-order valence-electron chi connectivity index (χ1n) is 8.10. The van der Waals surface area contributed by atoms with E-state index in [-0.39, 0.29) is 18.3 Å². The van der Waals surface area contributed by atoms with Crippen LogP contribution in [0.15, 0.2) is 4.99 Å². The van der Waals surface area contributed by atoms with E-state index in [2.05, 4.69) is 41.3 Å². The molecule has 0 saturated heterocycles. The van der Waals surface area contributed by atoms with Crippen molar-refractivity contribution >= 4 is 16.0 Å². The predicted molar refractivity (Wildman–Crippen MR) is 93.6 cm³/mol. The summed E-state index contributed by atoms with van der Waals surface area (Å²) in [5.41, 5.74) is 0. The molecule has 1 atom stereocenters. The molecule has 0 heterocycles. The Kier molecular flexibility index (Phi) is 11.2. The third kappa shape index (κ3) is 11.8. The number of rotatable bonds is 11. The molecule has 1 unspecified atom stereocenters. The molecule has 0 aromatic carbocycles. The van der Waals surface area contributed by atoms with E-state index in [0.717, 1.165) is 39.0 Å². The number of primary sulfonamides is 1. The predicted octanol–water partition coefficient (Wildman–Crippen LogP) is 0.341. The Morgan fingerprint density at radius 3 is 2.41 bits per heavy atom. The van der Waals surface area contributed by atoms with Gasteiger partial charge in [-0.2, -0.15) is 0 Å². The van der Waals surface area contributed by atoms with Crippen molar-refractivity contribution in [2.24, 2.45) is 10.1 Å². The summed E-state index contributed by atoms with van der Waals surface area (Å²) in [7, 11) is -3.46. The molecular weight excluding hydrogens is 302 g/mol. The van der Waals surface area contributed by atoms with Crippen LogP contribution in [0.3, 0.4) is 0 Å². The first-order chi connectivity index (χ1) is 10.3. The summed E-state index contributed by atoms with van der Waals surface area (Å²) in [6.45, 7) is 12.6. The quantitative estimate of drug-likeness (QED) is 0.373. The summed E-state index contributed by atoms with van der Waals surface area (Å²) in [5.74, 6) is 0.501. The zero-order valence-corrected chi connectivity index (χ0v) is 15.2. The second-order valence-electron chi connectivity index (χ2n) is 5.34. The van der Waals surface area contributed by atoms with Crippen LogP contribution in [0.4, 0.5) is 0 Å². The van der Waals surface area contributed by atoms with Crippen LogP contribution in [-0.4, -0.2) is 63.8 Å². The molecule has 132 valence electrons. The van der Waals surface area contributed by atoms with Crippen molar-refractivity contribution in [3.8, 4) is 0 Å². The lowest BCUT2D eigenvalue weighted by molar-refractivity contribution is 0.292. The Bertz CT molecular complexity index is 407. The molecule has 7 nitrogen and oxygen atoms in total. The second kappa shape index (κ2) is 11.7. The van der Waals surface area contributed by atoms with Gasteiger partial charge >= 0.3 is 0 Å². The summed E-state index contributed by atoms with van der Waals surface area (Å²) in [5, 5.41) is 11.4. The molecule has 4 N–H and O–H groups in total. The van der Waals surface area contributed by atoms with Gasteiger partial charge in [0.2, 0.25) is 10.0 Å². The maximum Gasteiger partial charge on any atom is 0.210 e. The van der Waals surface area contributed by atoms with Crippen molar-refractivity contribution in [2.75, 3.05) is 38.5 Å². The van der Waals surface area contributed by atoms with Gasteiger partial charge in [-0.15, -0.1) is 0 Å². The normalized spacial score (nSPS) is 14.2. The lowest BCUT2D eigenvalue weighted by atomic mass is 10.2. The maximum atomic E-state index is 10.9. The molecule has 0 saturated carbocycles. The van der Waals surface area contributed by atoms with Crippen LogP contribution in [0.2, 0.25) is 0 Å². The molecule has 22 heavy (non-hydrogen) atoms.